The Labute approximate surface area is 152 Å². The SMILES string of the molecule is CSc1cccc(Nc2cc(-c3ccncc3)nc(NC(C)C)n2)c1. The van der Waals surface area contributed by atoms with Gasteiger partial charge in [-0.3, -0.25) is 4.98 Å². The molecule has 0 saturated heterocycles. The topological polar surface area (TPSA) is 62.7 Å². The molecule has 5 nitrogen and oxygen atoms in total. The molecule has 128 valence electrons. The highest BCUT2D eigenvalue weighted by Crippen LogP contribution is 2.25. The van der Waals surface area contributed by atoms with Crippen molar-refractivity contribution >= 4 is 29.2 Å². The minimum Gasteiger partial charge on any atom is -0.352 e. The maximum absolute atomic E-state index is 4.63. The summed E-state index contributed by atoms with van der Waals surface area (Å²) in [5.74, 6) is 1.36. The van der Waals surface area contributed by atoms with Crippen LogP contribution < -0.4 is 10.6 Å². The van der Waals surface area contributed by atoms with Gasteiger partial charge in [0.25, 0.3) is 0 Å². The van der Waals surface area contributed by atoms with E-state index < -0.39 is 0 Å². The Balaban J connectivity index is 1.96. The van der Waals surface area contributed by atoms with Crippen LogP contribution in [0, 0.1) is 0 Å². The molecule has 3 rings (SSSR count). The fourth-order valence-corrected chi connectivity index (χ4v) is 2.81. The summed E-state index contributed by atoms with van der Waals surface area (Å²) in [6.07, 6.45) is 5.60. The minimum absolute atomic E-state index is 0.250. The van der Waals surface area contributed by atoms with E-state index >= 15 is 0 Å². The quantitative estimate of drug-likeness (QED) is 0.621. The predicted octanol–water partition coefficient (Wildman–Crippen LogP) is 4.82. The molecule has 3 aromatic rings. The molecule has 0 atom stereocenters. The van der Waals surface area contributed by atoms with Gasteiger partial charge >= 0.3 is 0 Å². The largest absolute Gasteiger partial charge is 0.352 e. The summed E-state index contributed by atoms with van der Waals surface area (Å²) in [6, 6.07) is 14.3. The van der Waals surface area contributed by atoms with E-state index in [1.807, 2.05) is 30.3 Å². The molecule has 0 radical (unpaired) electrons. The highest BCUT2D eigenvalue weighted by Gasteiger charge is 2.08. The molecular formula is C19H21N5S. The van der Waals surface area contributed by atoms with Crippen LogP contribution >= 0.6 is 11.8 Å². The van der Waals surface area contributed by atoms with Crippen molar-refractivity contribution in [3.05, 3.63) is 54.9 Å². The van der Waals surface area contributed by atoms with Gasteiger partial charge < -0.3 is 10.6 Å². The second kappa shape index (κ2) is 7.98. The summed E-state index contributed by atoms with van der Waals surface area (Å²) < 4.78 is 0. The molecule has 0 aliphatic carbocycles. The molecule has 1 aromatic carbocycles. The standard InChI is InChI=1S/C19H21N5S/c1-13(2)21-19-23-17(14-7-9-20-10-8-14)12-18(24-19)22-15-5-4-6-16(11-15)25-3/h4-13H,1-3H3,(H2,21,22,23,24). The average Bonchev–Trinajstić information content (AvgIpc) is 2.62. The van der Waals surface area contributed by atoms with Crippen LogP contribution in [0.15, 0.2) is 59.8 Å². The lowest BCUT2D eigenvalue weighted by atomic mass is 10.2. The van der Waals surface area contributed by atoms with E-state index in [0.717, 1.165) is 22.8 Å². The number of anilines is 3. The van der Waals surface area contributed by atoms with E-state index in [-0.39, 0.29) is 6.04 Å². The first kappa shape index (κ1) is 17.2. The van der Waals surface area contributed by atoms with E-state index in [1.54, 1.807) is 24.2 Å². The number of pyridine rings is 1. The van der Waals surface area contributed by atoms with Gasteiger partial charge in [-0.15, -0.1) is 11.8 Å². The van der Waals surface area contributed by atoms with E-state index in [0.29, 0.717) is 5.95 Å². The molecular weight excluding hydrogens is 330 g/mol. The van der Waals surface area contributed by atoms with Crippen molar-refractivity contribution in [1.82, 2.24) is 15.0 Å². The van der Waals surface area contributed by atoms with Gasteiger partial charge in [0.1, 0.15) is 5.82 Å². The summed E-state index contributed by atoms with van der Waals surface area (Å²) >= 11 is 1.71. The summed E-state index contributed by atoms with van der Waals surface area (Å²) in [4.78, 5) is 14.5. The van der Waals surface area contributed by atoms with Gasteiger partial charge in [-0.2, -0.15) is 4.98 Å². The maximum atomic E-state index is 4.63. The van der Waals surface area contributed by atoms with E-state index in [2.05, 4.69) is 57.8 Å². The van der Waals surface area contributed by atoms with Crippen molar-refractivity contribution in [3.63, 3.8) is 0 Å². The lowest BCUT2D eigenvalue weighted by Crippen LogP contribution is -2.13. The number of nitrogens with zero attached hydrogens (tertiary/aromatic N) is 3. The van der Waals surface area contributed by atoms with Crippen LogP contribution in [-0.4, -0.2) is 27.2 Å². The number of rotatable bonds is 6. The van der Waals surface area contributed by atoms with Gasteiger partial charge in [0.15, 0.2) is 0 Å². The molecule has 0 fully saturated rings. The third kappa shape index (κ3) is 4.70. The van der Waals surface area contributed by atoms with Gasteiger partial charge in [-0.1, -0.05) is 6.07 Å². The Morgan fingerprint density at radius 3 is 2.52 bits per heavy atom. The number of hydrogen-bond acceptors (Lipinski definition) is 6. The molecule has 0 aliphatic rings. The van der Waals surface area contributed by atoms with Crippen molar-refractivity contribution in [2.24, 2.45) is 0 Å². The Morgan fingerprint density at radius 2 is 1.80 bits per heavy atom. The summed E-state index contributed by atoms with van der Waals surface area (Å²) in [5, 5.41) is 6.66. The molecule has 0 amide bonds. The monoisotopic (exact) mass is 351 g/mol. The lowest BCUT2D eigenvalue weighted by Gasteiger charge is -2.13. The average molecular weight is 351 g/mol. The molecule has 0 saturated carbocycles. The highest BCUT2D eigenvalue weighted by atomic mass is 32.2. The Hall–Kier alpha value is -2.60. The normalized spacial score (nSPS) is 10.7. The minimum atomic E-state index is 0.250. The van der Waals surface area contributed by atoms with Crippen molar-refractivity contribution in [2.45, 2.75) is 24.8 Å². The second-order valence-electron chi connectivity index (χ2n) is 5.85. The van der Waals surface area contributed by atoms with Gasteiger partial charge in [-0.25, -0.2) is 4.98 Å². The molecule has 0 aliphatic heterocycles. The number of benzene rings is 1. The van der Waals surface area contributed by atoms with Crippen molar-refractivity contribution < 1.29 is 0 Å². The van der Waals surface area contributed by atoms with Crippen molar-refractivity contribution in [3.8, 4) is 11.3 Å². The summed E-state index contributed by atoms with van der Waals surface area (Å²) in [7, 11) is 0. The molecule has 0 unspecified atom stereocenters. The van der Waals surface area contributed by atoms with Crippen LogP contribution in [0.5, 0.6) is 0 Å². The fourth-order valence-electron chi connectivity index (χ4n) is 2.35. The zero-order valence-electron chi connectivity index (χ0n) is 14.5. The molecule has 2 aromatic heterocycles. The molecule has 0 spiro atoms. The van der Waals surface area contributed by atoms with Gasteiger partial charge in [0.2, 0.25) is 5.95 Å². The molecule has 0 bridgehead atoms. The Bertz CT molecular complexity index is 836. The zero-order chi connectivity index (χ0) is 17.6. The van der Waals surface area contributed by atoms with E-state index in [4.69, 9.17) is 0 Å². The lowest BCUT2D eigenvalue weighted by molar-refractivity contribution is 0.876. The van der Waals surface area contributed by atoms with Crippen LogP contribution in [-0.2, 0) is 0 Å². The number of thioether (sulfide) groups is 1. The predicted molar refractivity (Wildman–Crippen MR) is 106 cm³/mol. The van der Waals surface area contributed by atoms with Gasteiger partial charge in [0, 0.05) is 40.6 Å². The maximum Gasteiger partial charge on any atom is 0.225 e. The van der Waals surface area contributed by atoms with E-state index in [1.165, 1.54) is 4.90 Å². The Kier molecular flexibility index (Phi) is 5.50. The summed E-state index contributed by atoms with van der Waals surface area (Å²) in [6.45, 7) is 4.13. The van der Waals surface area contributed by atoms with Crippen LogP contribution in [0.25, 0.3) is 11.3 Å². The number of nitrogens with one attached hydrogen (secondary N) is 2. The van der Waals surface area contributed by atoms with Crippen LogP contribution in [0.1, 0.15) is 13.8 Å². The third-order valence-corrected chi connectivity index (χ3v) is 4.19. The first-order valence-electron chi connectivity index (χ1n) is 8.11. The zero-order valence-corrected chi connectivity index (χ0v) is 15.3. The first-order valence-corrected chi connectivity index (χ1v) is 9.33. The Morgan fingerprint density at radius 1 is 1.00 bits per heavy atom. The van der Waals surface area contributed by atoms with Crippen molar-refractivity contribution in [2.75, 3.05) is 16.9 Å². The summed E-state index contributed by atoms with van der Waals surface area (Å²) in [5.41, 5.74) is 2.86. The molecule has 2 N–H and O–H groups in total. The number of aromatic nitrogens is 3. The number of hydrogen-bond donors (Lipinski definition) is 2. The van der Waals surface area contributed by atoms with Crippen LogP contribution in [0.4, 0.5) is 17.5 Å². The highest BCUT2D eigenvalue weighted by molar-refractivity contribution is 7.98. The first-order chi connectivity index (χ1) is 12.1. The third-order valence-electron chi connectivity index (χ3n) is 3.46. The molecule has 25 heavy (non-hydrogen) atoms. The van der Waals surface area contributed by atoms with Crippen molar-refractivity contribution in [1.29, 1.82) is 0 Å². The van der Waals surface area contributed by atoms with Crippen LogP contribution in [0.3, 0.4) is 0 Å². The van der Waals surface area contributed by atoms with E-state index in [9.17, 15) is 0 Å². The van der Waals surface area contributed by atoms with Gasteiger partial charge in [0.05, 0.1) is 5.69 Å². The molecule has 2 heterocycles. The smallest absolute Gasteiger partial charge is 0.225 e. The fraction of sp³-hybridized carbons (Fsp3) is 0.211. The van der Waals surface area contributed by atoms with Crippen LogP contribution in [0.2, 0.25) is 0 Å². The second-order valence-corrected chi connectivity index (χ2v) is 6.73. The van der Waals surface area contributed by atoms with Gasteiger partial charge in [-0.05, 0) is 50.4 Å². The molecule has 6 heteroatoms.